The molecule has 1 fully saturated rings. The summed E-state index contributed by atoms with van der Waals surface area (Å²) in [5, 5.41) is 2.30. The Morgan fingerprint density at radius 1 is 1.30 bits per heavy atom. The van der Waals surface area contributed by atoms with Gasteiger partial charge in [0.15, 0.2) is 22.4 Å². The van der Waals surface area contributed by atoms with Crippen molar-refractivity contribution in [3.8, 4) is 0 Å². The zero-order valence-corrected chi connectivity index (χ0v) is 12.4. The van der Waals surface area contributed by atoms with Crippen LogP contribution in [0.25, 0.3) is 0 Å². The lowest BCUT2D eigenvalue weighted by atomic mass is 10.3. The van der Waals surface area contributed by atoms with Crippen molar-refractivity contribution < 1.29 is 26.6 Å². The van der Waals surface area contributed by atoms with Gasteiger partial charge in [-0.15, -0.1) is 0 Å². The summed E-state index contributed by atoms with van der Waals surface area (Å²) in [6, 6.07) is 5.05. The van der Waals surface area contributed by atoms with Gasteiger partial charge in [0.1, 0.15) is 6.26 Å². The van der Waals surface area contributed by atoms with E-state index < -0.39 is 27.1 Å². The molecule has 1 N–H and O–H groups in total. The van der Waals surface area contributed by atoms with Crippen LogP contribution in [0.2, 0.25) is 0 Å². The maximum absolute atomic E-state index is 12.6. The van der Waals surface area contributed by atoms with Gasteiger partial charge >= 0.3 is 5.51 Å². The number of halogens is 3. The second-order valence-corrected chi connectivity index (χ2v) is 6.45. The predicted octanol–water partition coefficient (Wildman–Crippen LogP) is 3.43. The van der Waals surface area contributed by atoms with E-state index in [2.05, 4.69) is 10.3 Å². The van der Waals surface area contributed by atoms with Gasteiger partial charge in [0.2, 0.25) is 0 Å². The Kier molecular flexibility index (Phi) is 3.97. The Morgan fingerprint density at radius 3 is 2.65 bits per heavy atom. The quantitative estimate of drug-likeness (QED) is 0.922. The topological polar surface area (TPSA) is 72.2 Å². The summed E-state index contributed by atoms with van der Waals surface area (Å²) in [6.07, 6.45) is 3.04. The van der Waals surface area contributed by atoms with Gasteiger partial charge in [-0.1, -0.05) is 12.1 Å². The van der Waals surface area contributed by atoms with Gasteiger partial charge in [-0.25, -0.2) is 9.19 Å². The molecule has 0 saturated heterocycles. The molecule has 9 heteroatoms. The second kappa shape index (κ2) is 5.80. The van der Waals surface area contributed by atoms with E-state index in [1.807, 2.05) is 0 Å². The summed E-state index contributed by atoms with van der Waals surface area (Å²) >= 11 is 0. The largest absolute Gasteiger partial charge is 0.475 e. The van der Waals surface area contributed by atoms with Crippen molar-refractivity contribution >= 4 is 22.4 Å². The summed E-state index contributed by atoms with van der Waals surface area (Å²) in [4.78, 5) is 15.6. The van der Waals surface area contributed by atoms with Gasteiger partial charge in [-0.3, -0.25) is 4.79 Å². The SMILES string of the molecule is O=C(Nc1ccccc1S(=O)C(F)(F)F)c1coc(C2CC2)n1. The van der Waals surface area contributed by atoms with E-state index in [9.17, 15) is 22.2 Å². The number of rotatable bonds is 4. The van der Waals surface area contributed by atoms with Gasteiger partial charge < -0.3 is 9.73 Å². The number of amides is 1. The number of hydrogen-bond acceptors (Lipinski definition) is 4. The maximum atomic E-state index is 12.6. The monoisotopic (exact) mass is 344 g/mol. The number of nitrogens with zero attached hydrogens (tertiary/aromatic N) is 1. The highest BCUT2D eigenvalue weighted by molar-refractivity contribution is 7.86. The van der Waals surface area contributed by atoms with Crippen molar-refractivity contribution in [2.45, 2.75) is 29.2 Å². The molecule has 0 bridgehead atoms. The first-order valence-corrected chi connectivity index (χ1v) is 7.85. The number of carbonyl (C=O) groups is 1. The van der Waals surface area contributed by atoms with Crippen molar-refractivity contribution in [3.05, 3.63) is 42.1 Å². The number of anilines is 1. The fourth-order valence-corrected chi connectivity index (χ4v) is 2.72. The first kappa shape index (κ1) is 15.7. The Hall–Kier alpha value is -2.16. The number of benzene rings is 1. The average Bonchev–Trinajstić information content (AvgIpc) is 3.23. The van der Waals surface area contributed by atoms with Crippen LogP contribution >= 0.6 is 0 Å². The summed E-state index contributed by atoms with van der Waals surface area (Å²) < 4.78 is 54.6. The highest BCUT2D eigenvalue weighted by Crippen LogP contribution is 2.39. The number of para-hydroxylation sites is 1. The Labute approximate surface area is 131 Å². The van der Waals surface area contributed by atoms with E-state index in [-0.39, 0.29) is 17.3 Å². The lowest BCUT2D eigenvalue weighted by molar-refractivity contribution is -0.0384. The van der Waals surface area contributed by atoms with Gasteiger partial charge in [0.05, 0.1) is 10.6 Å². The minimum atomic E-state index is -4.91. The minimum absolute atomic E-state index is 0.0282. The second-order valence-electron chi connectivity index (χ2n) is 5.01. The van der Waals surface area contributed by atoms with E-state index in [0.717, 1.165) is 25.2 Å². The molecule has 1 atom stereocenters. The molecular weight excluding hydrogens is 333 g/mol. The smallest absolute Gasteiger partial charge is 0.448 e. The van der Waals surface area contributed by atoms with Crippen LogP contribution in [0.3, 0.4) is 0 Å². The molecular formula is C14H11F3N2O3S. The summed E-state index contributed by atoms with van der Waals surface area (Å²) in [7, 11) is -3.24. The normalized spacial score (nSPS) is 16.1. The van der Waals surface area contributed by atoms with Crippen LogP contribution in [-0.4, -0.2) is 20.6 Å². The molecule has 122 valence electrons. The first-order valence-electron chi connectivity index (χ1n) is 6.70. The highest BCUT2D eigenvalue weighted by atomic mass is 32.2. The Morgan fingerprint density at radius 2 is 2.00 bits per heavy atom. The summed E-state index contributed by atoms with van der Waals surface area (Å²) in [5.41, 5.74) is -5.11. The van der Waals surface area contributed by atoms with Gasteiger partial charge in [0.25, 0.3) is 5.91 Å². The van der Waals surface area contributed by atoms with E-state index in [4.69, 9.17) is 4.42 Å². The van der Waals surface area contributed by atoms with E-state index in [1.165, 1.54) is 18.2 Å². The third-order valence-electron chi connectivity index (χ3n) is 3.23. The first-order chi connectivity index (χ1) is 10.9. The molecule has 3 rings (SSSR count). The lowest BCUT2D eigenvalue weighted by Gasteiger charge is -2.11. The van der Waals surface area contributed by atoms with Gasteiger partial charge in [-0.2, -0.15) is 13.2 Å². The van der Waals surface area contributed by atoms with Crippen molar-refractivity contribution in [2.24, 2.45) is 0 Å². The summed E-state index contributed by atoms with van der Waals surface area (Å²) in [5.74, 6) is -0.0591. The van der Waals surface area contributed by atoms with Gasteiger partial charge in [-0.05, 0) is 25.0 Å². The lowest BCUT2D eigenvalue weighted by Crippen LogP contribution is -2.19. The van der Waals surface area contributed by atoms with E-state index in [1.54, 1.807) is 0 Å². The predicted molar refractivity (Wildman–Crippen MR) is 75.3 cm³/mol. The molecule has 1 unspecified atom stereocenters. The molecule has 0 radical (unpaired) electrons. The molecule has 1 heterocycles. The molecule has 0 aliphatic heterocycles. The van der Waals surface area contributed by atoms with E-state index >= 15 is 0 Å². The van der Waals surface area contributed by atoms with Crippen LogP contribution in [0, 0.1) is 0 Å². The number of aromatic nitrogens is 1. The molecule has 2 aromatic rings. The highest BCUT2D eigenvalue weighted by Gasteiger charge is 2.39. The Bertz CT molecular complexity index is 769. The average molecular weight is 344 g/mol. The molecule has 23 heavy (non-hydrogen) atoms. The number of carbonyl (C=O) groups excluding carboxylic acids is 1. The fourth-order valence-electron chi connectivity index (χ4n) is 1.95. The minimum Gasteiger partial charge on any atom is -0.448 e. The molecule has 1 aromatic heterocycles. The molecule has 1 aromatic carbocycles. The molecule has 1 amide bonds. The maximum Gasteiger partial charge on any atom is 0.475 e. The zero-order chi connectivity index (χ0) is 16.6. The molecule has 0 spiro atoms. The zero-order valence-electron chi connectivity index (χ0n) is 11.6. The van der Waals surface area contributed by atoms with Crippen molar-refractivity contribution in [2.75, 3.05) is 5.32 Å². The number of hydrogen-bond donors (Lipinski definition) is 1. The number of oxazole rings is 1. The Balaban J connectivity index is 1.81. The molecule has 1 aliphatic carbocycles. The van der Waals surface area contributed by atoms with E-state index in [0.29, 0.717) is 5.89 Å². The van der Waals surface area contributed by atoms with Crippen LogP contribution in [0.4, 0.5) is 18.9 Å². The molecule has 1 saturated carbocycles. The van der Waals surface area contributed by atoms with Gasteiger partial charge in [0, 0.05) is 5.92 Å². The third kappa shape index (κ3) is 3.44. The fraction of sp³-hybridized carbons (Fsp3) is 0.286. The van der Waals surface area contributed by atoms with Crippen LogP contribution in [0.1, 0.15) is 35.1 Å². The van der Waals surface area contributed by atoms with Crippen LogP contribution in [-0.2, 0) is 10.8 Å². The third-order valence-corrected chi connectivity index (χ3v) is 4.40. The van der Waals surface area contributed by atoms with Crippen LogP contribution in [0.15, 0.2) is 39.8 Å². The van der Waals surface area contributed by atoms with Crippen molar-refractivity contribution in [1.82, 2.24) is 4.98 Å². The van der Waals surface area contributed by atoms with Crippen molar-refractivity contribution in [1.29, 1.82) is 0 Å². The standard InChI is InChI=1S/C14H11F3N2O3S/c15-14(16,17)23(21)11-4-2-1-3-9(11)18-12(20)10-7-22-13(19-10)8-5-6-8/h1-4,7-8H,5-6H2,(H,18,20). The van der Waals surface area contributed by atoms with Crippen LogP contribution in [0.5, 0.6) is 0 Å². The molecule has 1 aliphatic rings. The summed E-state index contributed by atoms with van der Waals surface area (Å²) in [6.45, 7) is 0. The van der Waals surface area contributed by atoms with Crippen LogP contribution < -0.4 is 5.32 Å². The number of alkyl halides is 3. The number of nitrogens with one attached hydrogen (secondary N) is 1. The van der Waals surface area contributed by atoms with Crippen molar-refractivity contribution in [3.63, 3.8) is 0 Å². The molecule has 5 nitrogen and oxygen atoms in total.